The molecule has 6 aromatic rings. The first kappa shape index (κ1) is 34.6. The van der Waals surface area contributed by atoms with Gasteiger partial charge in [0, 0.05) is 12.1 Å². The average Bonchev–Trinajstić information content (AvgIpc) is 3.75. The molecule has 0 amide bonds. The van der Waals surface area contributed by atoms with Crippen molar-refractivity contribution in [1.29, 1.82) is 5.26 Å². The van der Waals surface area contributed by atoms with Crippen LogP contribution in [0.25, 0.3) is 17.1 Å². The van der Waals surface area contributed by atoms with Crippen molar-refractivity contribution in [3.05, 3.63) is 77.0 Å². The van der Waals surface area contributed by atoms with E-state index in [0.717, 1.165) is 35.1 Å². The fourth-order valence-electron chi connectivity index (χ4n) is 5.59. The minimum absolute atomic E-state index is 0.0701. The molecule has 1 N–H and O–H groups in total. The number of anilines is 1. The van der Waals surface area contributed by atoms with E-state index in [-0.39, 0.29) is 47.3 Å². The van der Waals surface area contributed by atoms with Gasteiger partial charge in [-0.2, -0.15) is 24.9 Å². The third-order valence-corrected chi connectivity index (χ3v) is 8.67. The molecule has 2 aromatic carbocycles. The zero-order chi connectivity index (χ0) is 36.2. The van der Waals surface area contributed by atoms with Crippen molar-refractivity contribution in [3.8, 4) is 35.3 Å². The first-order chi connectivity index (χ1) is 24.6. The second-order valence-corrected chi connectivity index (χ2v) is 12.3. The number of hydrogen-bond donors (Lipinski definition) is 1. The molecule has 260 valence electrons. The number of ether oxygens (including phenoxy) is 2. The summed E-state index contributed by atoms with van der Waals surface area (Å²) in [5, 5.41) is 23.3. The summed E-state index contributed by atoms with van der Waals surface area (Å²) >= 11 is 0. The highest BCUT2D eigenvalue weighted by Crippen LogP contribution is 2.44. The zero-order valence-electron chi connectivity index (χ0n) is 29.9. The molecular weight excluding hydrogens is 646 g/mol. The summed E-state index contributed by atoms with van der Waals surface area (Å²) in [6, 6.07) is 14.0. The van der Waals surface area contributed by atoms with Crippen LogP contribution in [0, 0.1) is 39.0 Å². The maximum Gasteiger partial charge on any atom is 0.289 e. The number of nitrogens with one attached hydrogen (secondary N) is 1. The Bertz CT molecular complexity index is 2110. The topological polar surface area (TPSA) is 181 Å². The molecule has 15 heteroatoms. The highest BCUT2D eigenvalue weighted by molar-refractivity contribution is 5.70. The number of rotatable bonds is 12. The van der Waals surface area contributed by atoms with Crippen molar-refractivity contribution in [2.24, 2.45) is 10.2 Å². The van der Waals surface area contributed by atoms with Crippen molar-refractivity contribution < 1.29 is 9.47 Å². The molecule has 0 radical (unpaired) electrons. The molecule has 0 bridgehead atoms. The summed E-state index contributed by atoms with van der Waals surface area (Å²) in [7, 11) is 0. The van der Waals surface area contributed by atoms with Crippen LogP contribution in [-0.4, -0.2) is 56.8 Å². The van der Waals surface area contributed by atoms with Crippen molar-refractivity contribution in [2.45, 2.75) is 80.3 Å². The third kappa shape index (κ3) is 7.07. The van der Waals surface area contributed by atoms with Gasteiger partial charge in [-0.05, 0) is 76.6 Å². The summed E-state index contributed by atoms with van der Waals surface area (Å²) in [6.45, 7) is 16.4. The minimum Gasteiger partial charge on any atom is -0.436 e. The van der Waals surface area contributed by atoms with Gasteiger partial charge >= 0.3 is 0 Å². The minimum atomic E-state index is -0.112. The standard InChI is InChI=1S/C36H39N13O2/c1-9-24(7)48(25(8)10-2)35-43-32(50-29-20(3)13-11-14-21(29)4)28(33(44-35)51-30-22(5)15-12-16-23(30)6)45-46-34-41-27(17-37)49(47-34)36-40-26-18-38-19-39-31(26)42-36/h11-16,18-19,24-25H,9-10H2,1-8H3,(H,38,39,40,42). The molecule has 4 aromatic heterocycles. The van der Waals surface area contributed by atoms with Crippen molar-refractivity contribution >= 4 is 28.7 Å². The molecule has 6 rings (SSSR count). The van der Waals surface area contributed by atoms with E-state index in [4.69, 9.17) is 19.4 Å². The van der Waals surface area contributed by atoms with Crippen LogP contribution >= 0.6 is 0 Å². The van der Waals surface area contributed by atoms with Crippen LogP contribution < -0.4 is 14.4 Å². The SMILES string of the molecule is CCC(C)N(c1nc(Oc2c(C)cccc2C)c(N=Nc2nc(C#N)n(-c3nc4cncnc4[nH]3)n2)c(Oc2c(C)cccc2C)n1)C(C)CC. The lowest BCUT2D eigenvalue weighted by atomic mass is 10.1. The molecule has 0 aliphatic heterocycles. The number of fused-ring (bicyclic) bond motifs is 1. The Morgan fingerprint density at radius 3 is 1.92 bits per heavy atom. The number of nitriles is 1. The van der Waals surface area contributed by atoms with Gasteiger partial charge in [0.1, 0.15) is 29.4 Å². The average molecular weight is 686 g/mol. The zero-order valence-corrected chi connectivity index (χ0v) is 29.9. The van der Waals surface area contributed by atoms with Crippen LogP contribution in [0.2, 0.25) is 0 Å². The van der Waals surface area contributed by atoms with Crippen molar-refractivity contribution in [2.75, 3.05) is 4.90 Å². The molecule has 2 atom stereocenters. The van der Waals surface area contributed by atoms with Crippen LogP contribution in [0.3, 0.4) is 0 Å². The Hall–Kier alpha value is -6.30. The Labute approximate surface area is 295 Å². The predicted octanol–water partition coefficient (Wildman–Crippen LogP) is 8.23. The van der Waals surface area contributed by atoms with Gasteiger partial charge in [-0.25, -0.2) is 15.0 Å². The quantitative estimate of drug-likeness (QED) is 0.122. The summed E-state index contributed by atoms with van der Waals surface area (Å²) in [5.41, 5.74) is 4.72. The van der Waals surface area contributed by atoms with E-state index in [2.05, 4.69) is 72.8 Å². The molecule has 0 fully saturated rings. The van der Waals surface area contributed by atoms with Crippen molar-refractivity contribution in [3.63, 3.8) is 0 Å². The number of nitrogens with zero attached hydrogens (tertiary/aromatic N) is 12. The lowest BCUT2D eigenvalue weighted by molar-refractivity contribution is 0.423. The van der Waals surface area contributed by atoms with Gasteiger partial charge in [-0.15, -0.1) is 15.3 Å². The van der Waals surface area contributed by atoms with E-state index < -0.39 is 0 Å². The van der Waals surface area contributed by atoms with E-state index in [1.54, 1.807) is 6.20 Å². The lowest BCUT2D eigenvalue weighted by Gasteiger charge is -2.34. The van der Waals surface area contributed by atoms with E-state index in [1.807, 2.05) is 70.2 Å². The maximum atomic E-state index is 9.91. The first-order valence-electron chi connectivity index (χ1n) is 16.7. The van der Waals surface area contributed by atoms with Gasteiger partial charge < -0.3 is 19.4 Å². The van der Waals surface area contributed by atoms with Crippen LogP contribution in [-0.2, 0) is 0 Å². The van der Waals surface area contributed by atoms with Gasteiger partial charge in [0.05, 0.1) is 6.20 Å². The third-order valence-electron chi connectivity index (χ3n) is 8.67. The largest absolute Gasteiger partial charge is 0.436 e. The highest BCUT2D eigenvalue weighted by Gasteiger charge is 2.28. The summed E-state index contributed by atoms with van der Waals surface area (Å²) in [4.78, 5) is 32.1. The number of benzene rings is 2. The van der Waals surface area contributed by atoms with Gasteiger partial charge in [0.15, 0.2) is 5.65 Å². The van der Waals surface area contributed by atoms with Crippen LogP contribution in [0.5, 0.6) is 23.3 Å². The number of hydrogen-bond acceptors (Lipinski definition) is 13. The van der Waals surface area contributed by atoms with E-state index in [1.165, 1.54) is 11.0 Å². The molecule has 0 aliphatic carbocycles. The maximum absolute atomic E-state index is 9.91. The summed E-state index contributed by atoms with van der Waals surface area (Å²) < 4.78 is 14.5. The number of azo groups is 1. The summed E-state index contributed by atoms with van der Waals surface area (Å²) in [6.07, 6.45) is 4.67. The Morgan fingerprint density at radius 1 is 0.843 bits per heavy atom. The molecule has 0 aliphatic rings. The molecule has 15 nitrogen and oxygen atoms in total. The number of aryl methyl sites for hydroxylation is 4. The van der Waals surface area contributed by atoms with Gasteiger partial charge in [0.25, 0.3) is 17.7 Å². The van der Waals surface area contributed by atoms with E-state index >= 15 is 0 Å². The summed E-state index contributed by atoms with van der Waals surface area (Å²) in [5.74, 6) is 1.98. The first-order valence-corrected chi connectivity index (χ1v) is 16.7. The number of aromatic amines is 1. The second kappa shape index (κ2) is 14.7. The molecule has 0 saturated heterocycles. The van der Waals surface area contributed by atoms with Crippen LogP contribution in [0.1, 0.15) is 68.6 Å². The fraction of sp³-hybridized carbons (Fsp3) is 0.333. The smallest absolute Gasteiger partial charge is 0.289 e. The lowest BCUT2D eigenvalue weighted by Crippen LogP contribution is -2.41. The molecule has 0 spiro atoms. The van der Waals surface area contributed by atoms with E-state index in [9.17, 15) is 5.26 Å². The number of imidazole rings is 1. The molecular formula is C36H39N13O2. The Morgan fingerprint density at radius 2 is 1.41 bits per heavy atom. The van der Waals surface area contributed by atoms with Gasteiger partial charge in [0.2, 0.25) is 23.4 Å². The van der Waals surface area contributed by atoms with Crippen LogP contribution in [0.15, 0.2) is 59.2 Å². The normalized spacial score (nSPS) is 12.6. The Balaban J connectivity index is 1.55. The molecule has 0 saturated carbocycles. The number of para-hydroxylation sites is 2. The highest BCUT2D eigenvalue weighted by atomic mass is 16.5. The van der Waals surface area contributed by atoms with Gasteiger partial charge in [-0.1, -0.05) is 50.2 Å². The molecule has 2 unspecified atom stereocenters. The van der Waals surface area contributed by atoms with Crippen LogP contribution in [0.4, 0.5) is 17.6 Å². The number of H-pyrrole nitrogens is 1. The Kier molecular flexibility index (Phi) is 9.94. The monoisotopic (exact) mass is 685 g/mol. The van der Waals surface area contributed by atoms with Gasteiger partial charge in [-0.3, -0.25) is 0 Å². The predicted molar refractivity (Wildman–Crippen MR) is 191 cm³/mol. The molecule has 4 heterocycles. The fourth-order valence-corrected chi connectivity index (χ4v) is 5.59. The van der Waals surface area contributed by atoms with Crippen molar-refractivity contribution in [1.82, 2.24) is 44.7 Å². The number of aromatic nitrogens is 9. The van der Waals surface area contributed by atoms with E-state index in [0.29, 0.717) is 28.6 Å². The second-order valence-electron chi connectivity index (χ2n) is 12.3. The molecule has 51 heavy (non-hydrogen) atoms.